The number of hydrogen-bond donors (Lipinski definition) is 0. The molecule has 0 aliphatic heterocycles. The van der Waals surface area contributed by atoms with E-state index in [1.54, 1.807) is 0 Å². The van der Waals surface area contributed by atoms with Gasteiger partial charge in [0.1, 0.15) is 11.2 Å². The molecule has 11 aromatic rings. The normalized spacial score (nSPS) is 11.4. The number of furan rings is 1. The predicted molar refractivity (Wildman–Crippen MR) is 236 cm³/mol. The lowest BCUT2D eigenvalue weighted by Gasteiger charge is -2.10. The van der Waals surface area contributed by atoms with E-state index in [2.05, 4.69) is 60.7 Å². The van der Waals surface area contributed by atoms with Gasteiger partial charge in [0, 0.05) is 44.2 Å². The first-order valence-electron chi connectivity index (χ1n) is 19.4. The summed E-state index contributed by atoms with van der Waals surface area (Å²) in [5.41, 5.74) is 9.26. The van der Waals surface area contributed by atoms with Crippen LogP contribution in [0.3, 0.4) is 0 Å². The van der Waals surface area contributed by atoms with E-state index in [0.29, 0.717) is 34.9 Å². The Bertz CT molecular complexity index is 3200. The average molecular weight is 757 g/mol. The molecular formula is C52H32N6O. The van der Waals surface area contributed by atoms with E-state index in [0.717, 1.165) is 77.2 Å². The summed E-state index contributed by atoms with van der Waals surface area (Å²) in [6, 6.07) is 65.5. The summed E-state index contributed by atoms with van der Waals surface area (Å²) < 4.78 is 6.45. The van der Waals surface area contributed by atoms with Gasteiger partial charge in [0.25, 0.3) is 0 Å². The molecule has 0 saturated carbocycles. The largest absolute Gasteiger partial charge is 0.456 e. The van der Waals surface area contributed by atoms with Gasteiger partial charge in [-0.05, 0) is 52.2 Å². The van der Waals surface area contributed by atoms with Crippen LogP contribution in [-0.4, -0.2) is 29.9 Å². The van der Waals surface area contributed by atoms with E-state index in [1.165, 1.54) is 0 Å². The van der Waals surface area contributed by atoms with Crippen LogP contribution in [0.15, 0.2) is 199 Å². The maximum absolute atomic E-state index is 6.45. The Morgan fingerprint density at radius 1 is 0.271 bits per heavy atom. The van der Waals surface area contributed by atoms with Crippen molar-refractivity contribution < 1.29 is 4.42 Å². The van der Waals surface area contributed by atoms with E-state index < -0.39 is 0 Å². The maximum atomic E-state index is 6.45. The molecule has 0 saturated heterocycles. The molecule has 0 fully saturated rings. The highest BCUT2D eigenvalue weighted by Gasteiger charge is 2.19. The van der Waals surface area contributed by atoms with Crippen LogP contribution in [-0.2, 0) is 0 Å². The lowest BCUT2D eigenvalue weighted by molar-refractivity contribution is 0.669. The number of rotatable bonds is 7. The fourth-order valence-electron chi connectivity index (χ4n) is 7.62. The monoisotopic (exact) mass is 756 g/mol. The van der Waals surface area contributed by atoms with Gasteiger partial charge in [-0.15, -0.1) is 0 Å². The minimum Gasteiger partial charge on any atom is -0.456 e. The van der Waals surface area contributed by atoms with Crippen LogP contribution < -0.4 is 0 Å². The van der Waals surface area contributed by atoms with Crippen LogP contribution >= 0.6 is 0 Å². The van der Waals surface area contributed by atoms with Crippen molar-refractivity contribution in [3.63, 3.8) is 0 Å². The molecule has 276 valence electrons. The molecule has 0 spiro atoms. The number of benzene rings is 8. The Labute approximate surface area is 339 Å². The quantitative estimate of drug-likeness (QED) is 0.160. The summed E-state index contributed by atoms with van der Waals surface area (Å²) >= 11 is 0. The minimum atomic E-state index is 0.586. The van der Waals surface area contributed by atoms with Gasteiger partial charge in [0.15, 0.2) is 34.9 Å². The molecule has 11 rings (SSSR count). The molecule has 8 aromatic carbocycles. The summed E-state index contributed by atoms with van der Waals surface area (Å²) in [4.78, 5) is 29.7. The van der Waals surface area contributed by atoms with Crippen molar-refractivity contribution in [1.82, 2.24) is 29.9 Å². The van der Waals surface area contributed by atoms with E-state index in [9.17, 15) is 0 Å². The zero-order valence-corrected chi connectivity index (χ0v) is 31.6. The highest BCUT2D eigenvalue weighted by Crippen LogP contribution is 2.39. The third-order valence-electron chi connectivity index (χ3n) is 10.6. The first-order chi connectivity index (χ1) is 29.2. The highest BCUT2D eigenvalue weighted by molar-refractivity contribution is 6.13. The van der Waals surface area contributed by atoms with Crippen molar-refractivity contribution in [2.75, 3.05) is 0 Å². The summed E-state index contributed by atoms with van der Waals surface area (Å²) in [7, 11) is 0. The molecule has 0 amide bonds. The van der Waals surface area contributed by atoms with Crippen LogP contribution in [0.25, 0.3) is 112 Å². The Hall–Kier alpha value is -8.16. The van der Waals surface area contributed by atoms with Crippen LogP contribution in [0.1, 0.15) is 0 Å². The minimum absolute atomic E-state index is 0.586. The van der Waals surface area contributed by atoms with Crippen molar-refractivity contribution >= 4 is 32.7 Å². The molecule has 0 unspecified atom stereocenters. The van der Waals surface area contributed by atoms with Gasteiger partial charge in [-0.3, -0.25) is 0 Å². The van der Waals surface area contributed by atoms with Gasteiger partial charge < -0.3 is 4.42 Å². The Morgan fingerprint density at radius 2 is 0.678 bits per heavy atom. The topological polar surface area (TPSA) is 90.5 Å². The first-order valence-corrected chi connectivity index (χ1v) is 19.4. The second kappa shape index (κ2) is 14.4. The van der Waals surface area contributed by atoms with Gasteiger partial charge in [0.05, 0.1) is 0 Å². The lowest BCUT2D eigenvalue weighted by atomic mass is 9.97. The molecule has 0 aliphatic rings. The molecule has 0 bridgehead atoms. The summed E-state index contributed by atoms with van der Waals surface area (Å²) in [5, 5.41) is 4.15. The number of fused-ring (bicyclic) bond motifs is 4. The average Bonchev–Trinajstić information content (AvgIpc) is 3.70. The van der Waals surface area contributed by atoms with Gasteiger partial charge in [-0.2, -0.15) is 0 Å². The molecule has 0 atom stereocenters. The molecular weight excluding hydrogens is 725 g/mol. The molecule has 0 N–H and O–H groups in total. The summed E-state index contributed by atoms with van der Waals surface area (Å²) in [5.74, 6) is 3.72. The zero-order valence-electron chi connectivity index (χ0n) is 31.6. The smallest absolute Gasteiger partial charge is 0.164 e. The second-order valence-electron chi connectivity index (χ2n) is 14.3. The Morgan fingerprint density at radius 3 is 1.19 bits per heavy atom. The Balaban J connectivity index is 0.994. The first kappa shape index (κ1) is 34.1. The van der Waals surface area contributed by atoms with Crippen molar-refractivity contribution in [3.05, 3.63) is 194 Å². The fourth-order valence-corrected chi connectivity index (χ4v) is 7.62. The van der Waals surface area contributed by atoms with Crippen molar-refractivity contribution in [2.24, 2.45) is 0 Å². The van der Waals surface area contributed by atoms with Crippen LogP contribution in [0, 0.1) is 0 Å². The van der Waals surface area contributed by atoms with Crippen LogP contribution in [0.2, 0.25) is 0 Å². The summed E-state index contributed by atoms with van der Waals surface area (Å²) in [6.45, 7) is 0. The molecule has 7 heteroatoms. The van der Waals surface area contributed by atoms with Gasteiger partial charge in [-0.1, -0.05) is 164 Å². The standard InChI is InChI=1S/C52H32N6O/c1-5-14-33(15-6-1)47-53-48(34-16-7-2-8-17-34)56-51(55-47)41-27-26-37-30-38(24-25-39(37)31-41)40-28-29-44-43(32-40)46-42(22-13-23-45(46)59-44)52-57-49(35-18-9-3-10-19-35)54-50(58-52)36-20-11-4-12-21-36/h1-32H. The number of hydrogen-bond acceptors (Lipinski definition) is 7. The van der Waals surface area contributed by atoms with Gasteiger partial charge >= 0.3 is 0 Å². The molecule has 0 aliphatic carbocycles. The molecule has 3 aromatic heterocycles. The SMILES string of the molecule is c1ccc(-c2nc(-c3ccccc3)nc(-c3ccc4cc(-c5ccc6oc7cccc(-c8nc(-c9ccccc9)nc(-c9ccccc9)n8)c7c6c5)ccc4c3)n2)cc1. The molecule has 59 heavy (non-hydrogen) atoms. The van der Waals surface area contributed by atoms with Crippen molar-refractivity contribution in [1.29, 1.82) is 0 Å². The third-order valence-corrected chi connectivity index (χ3v) is 10.6. The van der Waals surface area contributed by atoms with Gasteiger partial charge in [-0.25, -0.2) is 29.9 Å². The predicted octanol–water partition coefficient (Wildman–Crippen LogP) is 12.8. The lowest BCUT2D eigenvalue weighted by Crippen LogP contribution is -2.00. The fraction of sp³-hybridized carbons (Fsp3) is 0. The molecule has 0 radical (unpaired) electrons. The van der Waals surface area contributed by atoms with Crippen LogP contribution in [0.5, 0.6) is 0 Å². The maximum Gasteiger partial charge on any atom is 0.164 e. The van der Waals surface area contributed by atoms with Crippen molar-refractivity contribution in [2.45, 2.75) is 0 Å². The second-order valence-corrected chi connectivity index (χ2v) is 14.3. The van der Waals surface area contributed by atoms with Crippen LogP contribution in [0.4, 0.5) is 0 Å². The summed E-state index contributed by atoms with van der Waals surface area (Å²) in [6.07, 6.45) is 0. The molecule has 3 heterocycles. The van der Waals surface area contributed by atoms with E-state index >= 15 is 0 Å². The van der Waals surface area contributed by atoms with E-state index in [4.69, 9.17) is 34.3 Å². The Kier molecular flexibility index (Phi) is 8.33. The zero-order chi connectivity index (χ0) is 39.1. The van der Waals surface area contributed by atoms with E-state index in [-0.39, 0.29) is 0 Å². The van der Waals surface area contributed by atoms with Gasteiger partial charge in [0.2, 0.25) is 0 Å². The number of nitrogens with zero attached hydrogens (tertiary/aromatic N) is 6. The third kappa shape index (κ3) is 6.46. The van der Waals surface area contributed by atoms with E-state index in [1.807, 2.05) is 133 Å². The highest BCUT2D eigenvalue weighted by atomic mass is 16.3. The number of aromatic nitrogens is 6. The molecule has 7 nitrogen and oxygen atoms in total. The van der Waals surface area contributed by atoms with Crippen molar-refractivity contribution in [3.8, 4) is 79.5 Å².